The summed E-state index contributed by atoms with van der Waals surface area (Å²) in [4.78, 5) is 8.75. The first-order valence-electron chi connectivity index (χ1n) is 6.63. The van der Waals surface area contributed by atoms with Gasteiger partial charge in [-0.3, -0.25) is 0 Å². The van der Waals surface area contributed by atoms with Crippen LogP contribution in [-0.4, -0.2) is 23.6 Å². The number of anilines is 1. The fraction of sp³-hybridized carbons (Fsp3) is 0.333. The fourth-order valence-corrected chi connectivity index (χ4v) is 1.90. The number of benzene rings is 1. The quantitative estimate of drug-likeness (QED) is 0.909. The minimum absolute atomic E-state index is 0.354. The smallest absolute Gasteiger partial charge is 0.136 e. The van der Waals surface area contributed by atoms with Gasteiger partial charge >= 0.3 is 0 Å². The van der Waals surface area contributed by atoms with E-state index in [1.54, 1.807) is 18.2 Å². The number of halogens is 1. The fourth-order valence-electron chi connectivity index (χ4n) is 1.90. The largest absolute Gasteiger partial charge is 0.497 e. The molecule has 0 saturated carbocycles. The second kappa shape index (κ2) is 6.32. The molecule has 0 amide bonds. The van der Waals surface area contributed by atoms with Gasteiger partial charge in [-0.25, -0.2) is 14.4 Å². The zero-order chi connectivity index (χ0) is 14.5. The van der Waals surface area contributed by atoms with Crippen molar-refractivity contribution in [2.45, 2.75) is 20.3 Å². The summed E-state index contributed by atoms with van der Waals surface area (Å²) in [5, 5.41) is 3.14. The third-order valence-corrected chi connectivity index (χ3v) is 2.90. The van der Waals surface area contributed by atoms with Crippen molar-refractivity contribution >= 4 is 5.82 Å². The van der Waals surface area contributed by atoms with Gasteiger partial charge in [-0.15, -0.1) is 0 Å². The summed E-state index contributed by atoms with van der Waals surface area (Å²) in [5.41, 5.74) is 1.02. The summed E-state index contributed by atoms with van der Waals surface area (Å²) < 4.78 is 19.1. The second-order valence-electron chi connectivity index (χ2n) is 4.28. The molecule has 1 N–H and O–H groups in total. The molecule has 0 aliphatic heterocycles. The second-order valence-corrected chi connectivity index (χ2v) is 4.28. The summed E-state index contributed by atoms with van der Waals surface area (Å²) in [6.45, 7) is 4.71. The standard InChI is InChI=1S/C15H18FN3O/c1-4-14-18-13(9-15(19-14)17-5-2)11-7-6-10(20-3)8-12(11)16/h6-9H,4-5H2,1-3H3,(H,17,18,19). The zero-order valence-corrected chi connectivity index (χ0v) is 11.9. The monoisotopic (exact) mass is 275 g/mol. The number of hydrogen-bond donors (Lipinski definition) is 1. The first-order valence-corrected chi connectivity index (χ1v) is 6.63. The van der Waals surface area contributed by atoms with Gasteiger partial charge in [0, 0.05) is 30.7 Å². The highest BCUT2D eigenvalue weighted by Gasteiger charge is 2.11. The Morgan fingerprint density at radius 1 is 1.20 bits per heavy atom. The van der Waals surface area contributed by atoms with Crippen molar-refractivity contribution in [1.82, 2.24) is 9.97 Å². The van der Waals surface area contributed by atoms with Crippen molar-refractivity contribution in [1.29, 1.82) is 0 Å². The average molecular weight is 275 g/mol. The Hall–Kier alpha value is -2.17. The number of aromatic nitrogens is 2. The number of rotatable bonds is 5. The molecule has 0 radical (unpaired) electrons. The van der Waals surface area contributed by atoms with Gasteiger partial charge in [-0.05, 0) is 19.1 Å². The van der Waals surface area contributed by atoms with Gasteiger partial charge in [-0.2, -0.15) is 0 Å². The van der Waals surface area contributed by atoms with Gasteiger partial charge < -0.3 is 10.1 Å². The summed E-state index contributed by atoms with van der Waals surface area (Å²) >= 11 is 0. The van der Waals surface area contributed by atoms with Gasteiger partial charge in [-0.1, -0.05) is 6.92 Å². The first kappa shape index (κ1) is 14.2. The first-order chi connectivity index (χ1) is 9.67. The molecule has 0 aliphatic rings. The van der Waals surface area contributed by atoms with Crippen LogP contribution in [-0.2, 0) is 6.42 Å². The van der Waals surface area contributed by atoms with Crippen molar-refractivity contribution < 1.29 is 9.13 Å². The topological polar surface area (TPSA) is 47.0 Å². The van der Waals surface area contributed by atoms with Crippen LogP contribution in [0.3, 0.4) is 0 Å². The number of aryl methyl sites for hydroxylation is 1. The number of nitrogens with zero attached hydrogens (tertiary/aromatic N) is 2. The summed E-state index contributed by atoms with van der Waals surface area (Å²) in [6.07, 6.45) is 0.698. The van der Waals surface area contributed by atoms with E-state index in [-0.39, 0.29) is 5.82 Å². The molecule has 1 aromatic heterocycles. The molecule has 0 saturated heterocycles. The van der Waals surface area contributed by atoms with E-state index >= 15 is 0 Å². The number of nitrogens with one attached hydrogen (secondary N) is 1. The Kier molecular flexibility index (Phi) is 4.50. The van der Waals surface area contributed by atoms with E-state index in [0.29, 0.717) is 35.1 Å². The van der Waals surface area contributed by atoms with Crippen LogP contribution in [0.4, 0.5) is 10.2 Å². The van der Waals surface area contributed by atoms with Crippen molar-refractivity contribution in [3.63, 3.8) is 0 Å². The van der Waals surface area contributed by atoms with Crippen LogP contribution < -0.4 is 10.1 Å². The van der Waals surface area contributed by atoms with Gasteiger partial charge in [0.1, 0.15) is 23.2 Å². The molecule has 20 heavy (non-hydrogen) atoms. The lowest BCUT2D eigenvalue weighted by atomic mass is 10.1. The average Bonchev–Trinajstić information content (AvgIpc) is 2.47. The molecule has 0 fully saturated rings. The number of ether oxygens (including phenoxy) is 1. The zero-order valence-electron chi connectivity index (χ0n) is 11.9. The Balaban J connectivity index is 2.48. The normalized spacial score (nSPS) is 10.4. The van der Waals surface area contributed by atoms with Gasteiger partial charge in [0.15, 0.2) is 0 Å². The molecule has 0 spiro atoms. The number of hydrogen-bond acceptors (Lipinski definition) is 4. The van der Waals surface area contributed by atoms with Gasteiger partial charge in [0.25, 0.3) is 0 Å². The minimum atomic E-state index is -0.354. The highest BCUT2D eigenvalue weighted by atomic mass is 19.1. The highest BCUT2D eigenvalue weighted by Crippen LogP contribution is 2.26. The molecule has 1 heterocycles. The minimum Gasteiger partial charge on any atom is -0.497 e. The van der Waals surface area contributed by atoms with Crippen molar-refractivity contribution in [3.05, 3.63) is 35.9 Å². The van der Waals surface area contributed by atoms with Crippen LogP contribution in [0.25, 0.3) is 11.3 Å². The maximum atomic E-state index is 14.1. The van der Waals surface area contributed by atoms with Crippen LogP contribution in [0, 0.1) is 5.82 Å². The lowest BCUT2D eigenvalue weighted by Gasteiger charge is -2.09. The Morgan fingerprint density at radius 3 is 2.60 bits per heavy atom. The van der Waals surface area contributed by atoms with Crippen LogP contribution in [0.5, 0.6) is 5.75 Å². The Labute approximate surface area is 118 Å². The van der Waals surface area contributed by atoms with Gasteiger partial charge in [0.2, 0.25) is 0 Å². The molecular formula is C15H18FN3O. The molecule has 0 atom stereocenters. The van der Waals surface area contributed by atoms with Crippen LogP contribution in [0.2, 0.25) is 0 Å². The number of methoxy groups -OCH3 is 1. The lowest BCUT2D eigenvalue weighted by Crippen LogP contribution is -2.04. The van der Waals surface area contributed by atoms with Crippen molar-refractivity contribution in [2.75, 3.05) is 19.0 Å². The SMILES string of the molecule is CCNc1cc(-c2ccc(OC)cc2F)nc(CC)n1. The molecule has 2 aromatic rings. The Morgan fingerprint density at radius 2 is 2.00 bits per heavy atom. The molecule has 5 heteroatoms. The molecule has 1 aromatic carbocycles. The maximum absolute atomic E-state index is 14.1. The predicted molar refractivity (Wildman–Crippen MR) is 77.5 cm³/mol. The van der Waals surface area contributed by atoms with Gasteiger partial charge in [0.05, 0.1) is 12.8 Å². The van der Waals surface area contributed by atoms with Crippen LogP contribution in [0.15, 0.2) is 24.3 Å². The summed E-state index contributed by atoms with van der Waals surface area (Å²) in [6, 6.07) is 6.51. The van der Waals surface area contributed by atoms with Crippen molar-refractivity contribution in [3.8, 4) is 17.0 Å². The van der Waals surface area contributed by atoms with E-state index in [0.717, 1.165) is 6.54 Å². The third-order valence-electron chi connectivity index (χ3n) is 2.90. The molecule has 0 aliphatic carbocycles. The molecule has 0 unspecified atom stereocenters. The van der Waals surface area contributed by atoms with E-state index in [2.05, 4.69) is 15.3 Å². The lowest BCUT2D eigenvalue weighted by molar-refractivity contribution is 0.411. The van der Waals surface area contributed by atoms with E-state index in [4.69, 9.17) is 4.74 Å². The Bertz CT molecular complexity index is 602. The van der Waals surface area contributed by atoms with Crippen molar-refractivity contribution in [2.24, 2.45) is 0 Å². The predicted octanol–water partition coefficient (Wildman–Crippen LogP) is 3.29. The maximum Gasteiger partial charge on any atom is 0.136 e. The van der Waals surface area contributed by atoms with E-state index in [1.807, 2.05) is 13.8 Å². The summed E-state index contributed by atoms with van der Waals surface area (Å²) in [5.74, 6) is 1.54. The van der Waals surface area contributed by atoms with E-state index in [9.17, 15) is 4.39 Å². The van der Waals surface area contributed by atoms with E-state index in [1.165, 1.54) is 13.2 Å². The molecule has 2 rings (SSSR count). The molecule has 0 bridgehead atoms. The summed E-state index contributed by atoms with van der Waals surface area (Å²) in [7, 11) is 1.51. The van der Waals surface area contributed by atoms with E-state index < -0.39 is 0 Å². The molecular weight excluding hydrogens is 257 g/mol. The molecule has 106 valence electrons. The van der Waals surface area contributed by atoms with Crippen LogP contribution >= 0.6 is 0 Å². The highest BCUT2D eigenvalue weighted by molar-refractivity contribution is 5.64. The molecule has 4 nitrogen and oxygen atoms in total. The van der Waals surface area contributed by atoms with Crippen LogP contribution in [0.1, 0.15) is 19.7 Å². The third kappa shape index (κ3) is 3.04.